The maximum absolute atomic E-state index is 13.2. The molecule has 3 N–H and O–H groups in total. The van der Waals surface area contributed by atoms with Crippen molar-refractivity contribution in [3.8, 4) is 0 Å². The van der Waals surface area contributed by atoms with E-state index in [2.05, 4.69) is 25.9 Å². The number of hydrogen-bond donors (Lipinski definition) is 3. The molecule has 3 rings (SSSR count). The number of benzene rings is 2. The molecule has 0 unspecified atom stereocenters. The van der Waals surface area contributed by atoms with E-state index in [-0.39, 0.29) is 0 Å². The van der Waals surface area contributed by atoms with Gasteiger partial charge in [-0.1, -0.05) is 6.07 Å². The first kappa shape index (κ1) is 19.1. The van der Waals surface area contributed by atoms with Gasteiger partial charge in [0.15, 0.2) is 0 Å². The Morgan fingerprint density at radius 1 is 0.929 bits per heavy atom. The van der Waals surface area contributed by atoms with Gasteiger partial charge in [0.1, 0.15) is 11.6 Å². The average molecular weight is 380 g/mol. The minimum absolute atomic E-state index is 0.379. The summed E-state index contributed by atoms with van der Waals surface area (Å²) in [7, 11) is 3.84. The number of halogens is 1. The van der Waals surface area contributed by atoms with Crippen LogP contribution in [0.5, 0.6) is 0 Å². The van der Waals surface area contributed by atoms with E-state index >= 15 is 0 Å². The SMILES string of the molecule is Cc1cc(N(C)C)nc(Nc2ccc(NC(=O)Nc3cccc(F)c3)cc2)n1. The Morgan fingerprint density at radius 2 is 1.61 bits per heavy atom. The summed E-state index contributed by atoms with van der Waals surface area (Å²) in [5, 5.41) is 8.42. The monoisotopic (exact) mass is 380 g/mol. The first-order chi connectivity index (χ1) is 13.4. The normalized spacial score (nSPS) is 10.3. The lowest BCUT2D eigenvalue weighted by Gasteiger charge is -2.14. The van der Waals surface area contributed by atoms with Gasteiger partial charge >= 0.3 is 6.03 Å². The molecule has 1 heterocycles. The van der Waals surface area contributed by atoms with E-state index in [0.29, 0.717) is 17.3 Å². The molecule has 2 amide bonds. The fourth-order valence-electron chi connectivity index (χ4n) is 2.46. The summed E-state index contributed by atoms with van der Waals surface area (Å²) < 4.78 is 13.2. The molecule has 8 heteroatoms. The molecule has 0 fully saturated rings. The standard InChI is InChI=1S/C20H21FN6O/c1-13-11-18(27(2)3)26-19(22-13)23-15-7-9-16(10-8-15)24-20(28)25-17-6-4-5-14(21)12-17/h4-12H,1-3H3,(H,22,23,26)(H2,24,25,28). The van der Waals surface area contributed by atoms with Crippen LogP contribution in [-0.4, -0.2) is 30.1 Å². The van der Waals surface area contributed by atoms with Crippen molar-refractivity contribution < 1.29 is 9.18 Å². The van der Waals surface area contributed by atoms with Crippen molar-refractivity contribution in [1.82, 2.24) is 9.97 Å². The van der Waals surface area contributed by atoms with Crippen LogP contribution < -0.4 is 20.9 Å². The van der Waals surface area contributed by atoms with Crippen LogP contribution in [-0.2, 0) is 0 Å². The minimum atomic E-state index is -0.455. The summed E-state index contributed by atoms with van der Waals surface area (Å²) in [4.78, 5) is 22.8. The van der Waals surface area contributed by atoms with E-state index in [9.17, 15) is 9.18 Å². The second-order valence-electron chi connectivity index (χ2n) is 6.38. The largest absolute Gasteiger partial charge is 0.363 e. The quantitative estimate of drug-likeness (QED) is 0.612. The summed E-state index contributed by atoms with van der Waals surface area (Å²) >= 11 is 0. The van der Waals surface area contributed by atoms with Crippen LogP contribution in [0.3, 0.4) is 0 Å². The number of urea groups is 1. The summed E-state index contributed by atoms with van der Waals surface area (Å²) in [6.45, 7) is 1.91. The van der Waals surface area contributed by atoms with Crippen LogP contribution in [0.15, 0.2) is 54.6 Å². The zero-order valence-electron chi connectivity index (χ0n) is 15.8. The Morgan fingerprint density at radius 3 is 2.29 bits per heavy atom. The van der Waals surface area contributed by atoms with Crippen molar-refractivity contribution in [2.24, 2.45) is 0 Å². The molecule has 0 atom stereocenters. The topological polar surface area (TPSA) is 82.2 Å². The molecule has 0 aliphatic rings. The van der Waals surface area contributed by atoms with Gasteiger partial charge in [-0.15, -0.1) is 0 Å². The number of hydrogen-bond acceptors (Lipinski definition) is 5. The Balaban J connectivity index is 1.63. The molecule has 0 radical (unpaired) electrons. The first-order valence-corrected chi connectivity index (χ1v) is 8.63. The van der Waals surface area contributed by atoms with Crippen molar-refractivity contribution in [1.29, 1.82) is 0 Å². The van der Waals surface area contributed by atoms with Crippen LogP contribution in [0.1, 0.15) is 5.69 Å². The molecule has 0 saturated heterocycles. The van der Waals surface area contributed by atoms with E-state index in [1.54, 1.807) is 30.3 Å². The molecule has 3 aromatic rings. The number of nitrogens with zero attached hydrogens (tertiary/aromatic N) is 3. The van der Waals surface area contributed by atoms with Crippen LogP contribution in [0.2, 0.25) is 0 Å². The zero-order valence-corrected chi connectivity index (χ0v) is 15.8. The Bertz CT molecular complexity index is 975. The third-order valence-electron chi connectivity index (χ3n) is 3.78. The summed E-state index contributed by atoms with van der Waals surface area (Å²) in [6.07, 6.45) is 0. The number of amides is 2. The summed E-state index contributed by atoms with van der Waals surface area (Å²) in [5.74, 6) is 0.889. The van der Waals surface area contributed by atoms with E-state index in [1.165, 1.54) is 18.2 Å². The molecule has 0 aliphatic heterocycles. The number of aromatic nitrogens is 2. The highest BCUT2D eigenvalue weighted by atomic mass is 19.1. The first-order valence-electron chi connectivity index (χ1n) is 8.63. The third kappa shape index (κ3) is 5.16. The van der Waals surface area contributed by atoms with Gasteiger partial charge in [0.25, 0.3) is 0 Å². The highest BCUT2D eigenvalue weighted by molar-refractivity contribution is 5.99. The fourth-order valence-corrected chi connectivity index (χ4v) is 2.46. The Labute approximate surface area is 162 Å². The second-order valence-corrected chi connectivity index (χ2v) is 6.38. The summed E-state index contributed by atoms with van der Waals surface area (Å²) in [5.41, 5.74) is 2.61. The number of carbonyl (C=O) groups excluding carboxylic acids is 1. The highest BCUT2D eigenvalue weighted by Crippen LogP contribution is 2.19. The highest BCUT2D eigenvalue weighted by Gasteiger charge is 2.06. The van der Waals surface area contributed by atoms with Crippen molar-refractivity contribution in [3.05, 3.63) is 66.1 Å². The van der Waals surface area contributed by atoms with Crippen molar-refractivity contribution in [2.75, 3.05) is 34.9 Å². The van der Waals surface area contributed by atoms with Crippen molar-refractivity contribution >= 4 is 34.9 Å². The number of nitrogens with one attached hydrogen (secondary N) is 3. The smallest absolute Gasteiger partial charge is 0.323 e. The Hall–Kier alpha value is -3.68. The number of carbonyl (C=O) groups is 1. The predicted octanol–water partition coefficient (Wildman–Crippen LogP) is 4.38. The molecular weight excluding hydrogens is 359 g/mol. The molecule has 0 saturated carbocycles. The Kier molecular flexibility index (Phi) is 5.69. The maximum atomic E-state index is 13.2. The predicted molar refractivity (Wildman–Crippen MR) is 110 cm³/mol. The lowest BCUT2D eigenvalue weighted by molar-refractivity contribution is 0.262. The fraction of sp³-hybridized carbons (Fsp3) is 0.150. The van der Waals surface area contributed by atoms with E-state index in [0.717, 1.165) is 17.2 Å². The zero-order chi connectivity index (χ0) is 20.1. The van der Waals surface area contributed by atoms with Crippen molar-refractivity contribution in [2.45, 2.75) is 6.92 Å². The maximum Gasteiger partial charge on any atom is 0.323 e. The van der Waals surface area contributed by atoms with Gasteiger partial charge < -0.3 is 20.9 Å². The molecule has 144 valence electrons. The molecule has 0 aliphatic carbocycles. The lowest BCUT2D eigenvalue weighted by atomic mass is 10.3. The van der Waals surface area contributed by atoms with E-state index in [1.807, 2.05) is 32.0 Å². The minimum Gasteiger partial charge on any atom is -0.363 e. The van der Waals surface area contributed by atoms with Crippen LogP contribution in [0.25, 0.3) is 0 Å². The molecule has 0 spiro atoms. The van der Waals surface area contributed by atoms with Gasteiger partial charge in [-0.2, -0.15) is 4.98 Å². The molecule has 1 aromatic heterocycles. The third-order valence-corrected chi connectivity index (χ3v) is 3.78. The van der Waals surface area contributed by atoms with Crippen LogP contribution in [0, 0.1) is 12.7 Å². The lowest BCUT2D eigenvalue weighted by Crippen LogP contribution is -2.19. The van der Waals surface area contributed by atoms with Gasteiger partial charge in [-0.3, -0.25) is 0 Å². The van der Waals surface area contributed by atoms with Crippen LogP contribution in [0.4, 0.5) is 38.0 Å². The van der Waals surface area contributed by atoms with Gasteiger partial charge in [-0.05, 0) is 49.4 Å². The molecule has 0 bridgehead atoms. The van der Waals surface area contributed by atoms with Crippen LogP contribution >= 0.6 is 0 Å². The summed E-state index contributed by atoms with van der Waals surface area (Å²) in [6, 6.07) is 14.2. The van der Waals surface area contributed by atoms with E-state index < -0.39 is 11.8 Å². The molecule has 7 nitrogen and oxygen atoms in total. The number of anilines is 5. The molecule has 28 heavy (non-hydrogen) atoms. The van der Waals surface area contributed by atoms with Gasteiger partial charge in [0.2, 0.25) is 5.95 Å². The van der Waals surface area contributed by atoms with E-state index in [4.69, 9.17) is 0 Å². The van der Waals surface area contributed by atoms with Gasteiger partial charge in [0, 0.05) is 42.9 Å². The van der Waals surface area contributed by atoms with Gasteiger partial charge in [-0.25, -0.2) is 14.2 Å². The second kappa shape index (κ2) is 8.34. The molecular formula is C20H21FN6O. The number of aryl methyl sites for hydroxylation is 1. The average Bonchev–Trinajstić information content (AvgIpc) is 2.63. The van der Waals surface area contributed by atoms with Gasteiger partial charge in [0.05, 0.1) is 0 Å². The van der Waals surface area contributed by atoms with Crippen molar-refractivity contribution in [3.63, 3.8) is 0 Å². The number of rotatable bonds is 5. The molecule has 2 aromatic carbocycles.